The molecule has 0 fully saturated rings. The maximum Gasteiger partial charge on any atom is 0.254 e. The monoisotopic (exact) mass is 372 g/mol. The van der Waals surface area contributed by atoms with Crippen molar-refractivity contribution in [3.8, 4) is 5.75 Å². The third-order valence-electron chi connectivity index (χ3n) is 6.60. The molecular weight excluding hydrogens is 346 g/mol. The molecule has 1 atom stereocenters. The Morgan fingerprint density at radius 2 is 1.93 bits per heavy atom. The second-order valence-electron chi connectivity index (χ2n) is 8.56. The molecule has 3 aliphatic heterocycles. The Bertz CT molecular complexity index is 1050. The zero-order chi connectivity index (χ0) is 18.8. The van der Waals surface area contributed by atoms with Crippen molar-refractivity contribution in [1.29, 1.82) is 0 Å². The van der Waals surface area contributed by atoms with Crippen LogP contribution in [0.1, 0.15) is 41.1 Å². The summed E-state index contributed by atoms with van der Waals surface area (Å²) in [4.78, 5) is 8.59. The van der Waals surface area contributed by atoms with E-state index < -0.39 is 0 Å². The van der Waals surface area contributed by atoms with Crippen molar-refractivity contribution in [2.45, 2.75) is 31.7 Å². The fraction of sp³-hybridized carbons (Fsp3) is 0.375. The van der Waals surface area contributed by atoms with E-state index in [4.69, 9.17) is 4.74 Å². The number of hydrogen-bond acceptors (Lipinski definition) is 3. The molecule has 2 aromatic carbocycles. The molecule has 4 aliphatic rings. The Morgan fingerprint density at radius 3 is 2.79 bits per heavy atom. The molecule has 0 bridgehead atoms. The Balaban J connectivity index is 1.57. The minimum absolute atomic E-state index is 0.226. The van der Waals surface area contributed by atoms with E-state index in [-0.39, 0.29) is 6.04 Å². The van der Waals surface area contributed by atoms with Crippen LogP contribution in [0.15, 0.2) is 42.2 Å². The van der Waals surface area contributed by atoms with Crippen LogP contribution in [0.2, 0.25) is 0 Å². The van der Waals surface area contributed by atoms with Crippen LogP contribution in [0, 0.1) is 0 Å². The van der Waals surface area contributed by atoms with Crippen LogP contribution in [0.3, 0.4) is 0 Å². The van der Waals surface area contributed by atoms with Crippen LogP contribution in [0.4, 0.5) is 11.4 Å². The van der Waals surface area contributed by atoms with Gasteiger partial charge in [0.05, 0.1) is 11.6 Å². The SMILES string of the molecule is CN(C)C1C=C2Oc3c(cc4c5c3CCCN5CCC4)[NH+]=C2c2ccccc21. The first kappa shape index (κ1) is 16.4. The first-order chi connectivity index (χ1) is 13.7. The molecule has 3 heterocycles. The van der Waals surface area contributed by atoms with Gasteiger partial charge in [0.1, 0.15) is 0 Å². The van der Waals surface area contributed by atoms with E-state index in [0.717, 1.165) is 29.3 Å². The van der Waals surface area contributed by atoms with Crippen molar-refractivity contribution in [1.82, 2.24) is 4.90 Å². The first-order valence-electron chi connectivity index (χ1n) is 10.4. The Hall–Kier alpha value is -2.59. The molecule has 0 saturated carbocycles. The average molecular weight is 372 g/mol. The number of fused-ring (bicyclic) bond motifs is 5. The van der Waals surface area contributed by atoms with E-state index >= 15 is 0 Å². The molecule has 6 rings (SSSR count). The van der Waals surface area contributed by atoms with E-state index in [9.17, 15) is 0 Å². The minimum atomic E-state index is 0.226. The Morgan fingerprint density at radius 1 is 1.11 bits per heavy atom. The molecule has 0 aromatic heterocycles. The van der Waals surface area contributed by atoms with Gasteiger partial charge in [-0.15, -0.1) is 0 Å². The van der Waals surface area contributed by atoms with Gasteiger partial charge < -0.3 is 9.64 Å². The summed E-state index contributed by atoms with van der Waals surface area (Å²) in [6.07, 6.45) is 7.01. The number of rotatable bonds is 1. The van der Waals surface area contributed by atoms with Gasteiger partial charge in [-0.25, -0.2) is 0 Å². The number of anilines is 1. The van der Waals surface area contributed by atoms with Crippen LogP contribution in [0.25, 0.3) is 0 Å². The summed E-state index contributed by atoms with van der Waals surface area (Å²) in [5, 5.41) is 0. The van der Waals surface area contributed by atoms with Gasteiger partial charge in [0.15, 0.2) is 5.76 Å². The maximum atomic E-state index is 6.65. The van der Waals surface area contributed by atoms with Crippen LogP contribution in [0.5, 0.6) is 5.75 Å². The Labute approximate surface area is 166 Å². The predicted molar refractivity (Wildman–Crippen MR) is 112 cm³/mol. The van der Waals surface area contributed by atoms with E-state index in [1.165, 1.54) is 60.3 Å². The summed E-state index contributed by atoms with van der Waals surface area (Å²) < 4.78 is 6.65. The summed E-state index contributed by atoms with van der Waals surface area (Å²) in [5.41, 5.74) is 9.18. The largest absolute Gasteiger partial charge is 0.443 e. The molecule has 1 aliphatic carbocycles. The maximum absolute atomic E-state index is 6.65. The van der Waals surface area contributed by atoms with Crippen molar-refractivity contribution < 1.29 is 9.73 Å². The molecule has 28 heavy (non-hydrogen) atoms. The number of nitrogens with zero attached hydrogens (tertiary/aromatic N) is 2. The van der Waals surface area contributed by atoms with E-state index in [2.05, 4.69) is 65.3 Å². The lowest BCUT2D eigenvalue weighted by atomic mass is 9.87. The second kappa shape index (κ2) is 5.95. The van der Waals surface area contributed by atoms with E-state index in [1.807, 2.05) is 0 Å². The molecule has 0 spiro atoms. The van der Waals surface area contributed by atoms with Crippen LogP contribution >= 0.6 is 0 Å². The highest BCUT2D eigenvalue weighted by Crippen LogP contribution is 2.45. The minimum Gasteiger partial charge on any atom is -0.443 e. The zero-order valence-electron chi connectivity index (χ0n) is 16.6. The van der Waals surface area contributed by atoms with Crippen LogP contribution in [-0.4, -0.2) is 37.8 Å². The second-order valence-corrected chi connectivity index (χ2v) is 8.56. The number of benzene rings is 2. The highest BCUT2D eigenvalue weighted by atomic mass is 16.5. The molecule has 0 amide bonds. The summed E-state index contributed by atoms with van der Waals surface area (Å²) >= 11 is 0. The highest BCUT2D eigenvalue weighted by molar-refractivity contribution is 6.11. The normalized spacial score (nSPS) is 21.7. The first-order valence-corrected chi connectivity index (χ1v) is 10.4. The smallest absolute Gasteiger partial charge is 0.254 e. The number of allylic oxidation sites excluding steroid dienone is 1. The van der Waals surface area contributed by atoms with Gasteiger partial charge in [0, 0.05) is 30.4 Å². The standard InChI is InChI=1S/C24H25N3O/c1-26(2)20-14-21-22(17-9-4-3-8-16(17)20)25-19-13-15-7-5-11-27-12-6-10-18(23(15)27)24(19)28-21/h3-4,8-9,13-14,20H,5-7,10-12H2,1-2H3/p+1. The van der Waals surface area contributed by atoms with Crippen molar-refractivity contribution in [2.75, 3.05) is 32.1 Å². The van der Waals surface area contributed by atoms with Crippen LogP contribution in [-0.2, 0) is 12.8 Å². The molecule has 4 nitrogen and oxygen atoms in total. The number of nitrogens with one attached hydrogen (secondary N) is 1. The fourth-order valence-corrected chi connectivity index (χ4v) is 5.36. The molecule has 1 N–H and O–H groups in total. The van der Waals surface area contributed by atoms with Gasteiger partial charge in [-0.3, -0.25) is 4.90 Å². The molecule has 4 heteroatoms. The van der Waals surface area contributed by atoms with Crippen molar-refractivity contribution >= 4 is 17.1 Å². The summed E-state index contributed by atoms with van der Waals surface area (Å²) in [6, 6.07) is 11.2. The van der Waals surface area contributed by atoms with Gasteiger partial charge in [-0.1, -0.05) is 18.2 Å². The van der Waals surface area contributed by atoms with Gasteiger partial charge >= 0.3 is 0 Å². The number of likely N-dealkylation sites (N-methyl/N-ethyl adjacent to an activating group) is 1. The van der Waals surface area contributed by atoms with Gasteiger partial charge in [-0.2, -0.15) is 4.99 Å². The third kappa shape index (κ3) is 2.24. The number of hydrogen-bond donors (Lipinski definition) is 1. The number of aryl methyl sites for hydroxylation is 1. The predicted octanol–water partition coefficient (Wildman–Crippen LogP) is 2.48. The van der Waals surface area contributed by atoms with Crippen LogP contribution < -0.4 is 14.6 Å². The molecule has 2 aromatic rings. The lowest BCUT2D eigenvalue weighted by Crippen LogP contribution is -2.70. The molecule has 1 unspecified atom stereocenters. The molecular formula is C24H26N3O+. The zero-order valence-corrected chi connectivity index (χ0v) is 16.6. The Kier molecular flexibility index (Phi) is 3.48. The quantitative estimate of drug-likeness (QED) is 0.834. The van der Waals surface area contributed by atoms with Crippen molar-refractivity contribution in [3.63, 3.8) is 0 Å². The topological polar surface area (TPSA) is 29.7 Å². The highest BCUT2D eigenvalue weighted by Gasteiger charge is 2.38. The number of ether oxygens (including phenoxy) is 1. The van der Waals surface area contributed by atoms with Crippen molar-refractivity contribution in [3.05, 3.63) is 64.4 Å². The van der Waals surface area contributed by atoms with Gasteiger partial charge in [-0.05, 0) is 63.0 Å². The van der Waals surface area contributed by atoms with E-state index in [0.29, 0.717) is 0 Å². The lowest BCUT2D eigenvalue weighted by Gasteiger charge is -2.38. The van der Waals surface area contributed by atoms with Gasteiger partial charge in [0.2, 0.25) is 11.4 Å². The fourth-order valence-electron chi connectivity index (χ4n) is 5.36. The molecule has 142 valence electrons. The molecule has 0 radical (unpaired) electrons. The van der Waals surface area contributed by atoms with E-state index in [1.54, 1.807) is 0 Å². The summed E-state index contributed by atoms with van der Waals surface area (Å²) in [7, 11) is 4.26. The summed E-state index contributed by atoms with van der Waals surface area (Å²) in [5.74, 6) is 2.02. The lowest BCUT2D eigenvalue weighted by molar-refractivity contribution is -0.358. The third-order valence-corrected chi connectivity index (χ3v) is 6.60. The summed E-state index contributed by atoms with van der Waals surface area (Å²) in [6.45, 7) is 2.37. The van der Waals surface area contributed by atoms with Gasteiger partial charge in [0.25, 0.3) is 5.71 Å². The average Bonchev–Trinajstić information content (AvgIpc) is 2.72. The van der Waals surface area contributed by atoms with Crippen molar-refractivity contribution in [2.24, 2.45) is 0 Å². The molecule has 0 saturated heterocycles.